The van der Waals surface area contributed by atoms with Crippen molar-refractivity contribution in [3.05, 3.63) is 48.4 Å². The van der Waals surface area contributed by atoms with Gasteiger partial charge in [0, 0.05) is 19.6 Å². The summed E-state index contributed by atoms with van der Waals surface area (Å²) in [6.07, 6.45) is 1.65. The van der Waals surface area contributed by atoms with Crippen LogP contribution in [0.1, 0.15) is 11.8 Å². The Bertz CT molecular complexity index is 672. The van der Waals surface area contributed by atoms with Gasteiger partial charge in [-0.25, -0.2) is 0 Å². The molecule has 1 amide bonds. The van der Waals surface area contributed by atoms with Gasteiger partial charge in [-0.15, -0.1) is 12.4 Å². The van der Waals surface area contributed by atoms with Crippen molar-refractivity contribution in [1.29, 1.82) is 0 Å². The molecule has 0 bridgehead atoms. The lowest BCUT2D eigenvalue weighted by Gasteiger charge is -2.33. The molecule has 148 valence electrons. The normalized spacial score (nSPS) is 15.4. The fourth-order valence-electron chi connectivity index (χ4n) is 2.86. The molecule has 1 fully saturated rings. The first-order valence-electron chi connectivity index (χ1n) is 8.65. The summed E-state index contributed by atoms with van der Waals surface area (Å²) in [7, 11) is 1.60. The minimum atomic E-state index is -0.175. The Morgan fingerprint density at radius 1 is 1.19 bits per heavy atom. The standard InChI is InChI=1S/C19H24N2O5.ClH/c1-23-15-4-6-16(7-5-15)26-14-19(22)20-13-17(18-3-2-10-25-18)21-8-11-24-12-9-21;/h2-7,10,17H,8-9,11-14H2,1H3,(H,20,22);1H. The second-order valence-electron chi connectivity index (χ2n) is 5.95. The maximum Gasteiger partial charge on any atom is 0.258 e. The number of hydrogen-bond acceptors (Lipinski definition) is 6. The van der Waals surface area contributed by atoms with Crippen molar-refractivity contribution >= 4 is 18.3 Å². The van der Waals surface area contributed by atoms with Gasteiger partial charge in [-0.1, -0.05) is 0 Å². The van der Waals surface area contributed by atoms with Gasteiger partial charge < -0.3 is 23.9 Å². The maximum atomic E-state index is 12.2. The summed E-state index contributed by atoms with van der Waals surface area (Å²) in [4.78, 5) is 14.4. The number of nitrogens with one attached hydrogen (secondary N) is 1. The van der Waals surface area contributed by atoms with E-state index in [4.69, 9.17) is 18.6 Å². The van der Waals surface area contributed by atoms with Gasteiger partial charge >= 0.3 is 0 Å². The molecule has 0 aliphatic carbocycles. The summed E-state index contributed by atoms with van der Waals surface area (Å²) >= 11 is 0. The zero-order chi connectivity index (χ0) is 18.2. The number of furan rings is 1. The molecular formula is C19H25ClN2O5. The van der Waals surface area contributed by atoms with Gasteiger partial charge in [0.15, 0.2) is 6.61 Å². The number of benzene rings is 1. The first-order chi connectivity index (χ1) is 12.8. The quantitative estimate of drug-likeness (QED) is 0.738. The number of methoxy groups -OCH3 is 1. The van der Waals surface area contributed by atoms with Crippen LogP contribution >= 0.6 is 12.4 Å². The second-order valence-corrected chi connectivity index (χ2v) is 5.95. The maximum absolute atomic E-state index is 12.2. The lowest BCUT2D eigenvalue weighted by molar-refractivity contribution is -0.123. The molecule has 3 rings (SSSR count). The fraction of sp³-hybridized carbons (Fsp3) is 0.421. The predicted molar refractivity (Wildman–Crippen MR) is 103 cm³/mol. The topological polar surface area (TPSA) is 73.2 Å². The van der Waals surface area contributed by atoms with Gasteiger partial charge in [0.1, 0.15) is 17.3 Å². The first-order valence-corrected chi connectivity index (χ1v) is 8.65. The van der Waals surface area contributed by atoms with E-state index in [1.165, 1.54) is 0 Å². The van der Waals surface area contributed by atoms with Crippen molar-refractivity contribution in [2.24, 2.45) is 0 Å². The number of morpholine rings is 1. The molecule has 1 aromatic carbocycles. The van der Waals surface area contributed by atoms with Crippen LogP contribution in [0.2, 0.25) is 0 Å². The van der Waals surface area contributed by atoms with Crippen LogP contribution in [0, 0.1) is 0 Å². The van der Waals surface area contributed by atoms with E-state index in [9.17, 15) is 4.79 Å². The van der Waals surface area contributed by atoms with Crippen molar-refractivity contribution < 1.29 is 23.4 Å². The van der Waals surface area contributed by atoms with E-state index in [1.54, 1.807) is 37.6 Å². The smallest absolute Gasteiger partial charge is 0.258 e. The number of ether oxygens (including phenoxy) is 3. The van der Waals surface area contributed by atoms with E-state index >= 15 is 0 Å². The van der Waals surface area contributed by atoms with Crippen molar-refractivity contribution in [3.8, 4) is 11.5 Å². The SMILES string of the molecule is COc1ccc(OCC(=O)NCC(c2ccco2)N2CCOCC2)cc1.Cl. The molecule has 27 heavy (non-hydrogen) atoms. The monoisotopic (exact) mass is 396 g/mol. The number of amides is 1. The number of carbonyl (C=O) groups excluding carboxylic acids is 1. The van der Waals surface area contributed by atoms with Crippen molar-refractivity contribution in [2.75, 3.05) is 46.6 Å². The van der Waals surface area contributed by atoms with Gasteiger partial charge in [-0.3, -0.25) is 9.69 Å². The number of hydrogen-bond donors (Lipinski definition) is 1. The Balaban J connectivity index is 0.00000261. The third kappa shape index (κ3) is 6.16. The molecule has 0 spiro atoms. The Kier molecular flexibility index (Phi) is 8.44. The summed E-state index contributed by atoms with van der Waals surface area (Å²) < 4.78 is 21.6. The molecule has 1 atom stereocenters. The molecular weight excluding hydrogens is 372 g/mol. The zero-order valence-corrected chi connectivity index (χ0v) is 16.1. The van der Waals surface area contributed by atoms with Crippen LogP contribution in [-0.2, 0) is 9.53 Å². The Hall–Kier alpha value is -2.22. The average Bonchev–Trinajstić information content (AvgIpc) is 3.22. The minimum Gasteiger partial charge on any atom is -0.497 e. The van der Waals surface area contributed by atoms with Gasteiger partial charge in [-0.05, 0) is 36.4 Å². The molecule has 7 nitrogen and oxygen atoms in total. The Morgan fingerprint density at radius 2 is 1.89 bits per heavy atom. The highest BCUT2D eigenvalue weighted by Crippen LogP contribution is 2.21. The number of nitrogens with zero attached hydrogens (tertiary/aromatic N) is 1. The minimum absolute atomic E-state index is 0. The summed E-state index contributed by atoms with van der Waals surface area (Å²) in [6, 6.07) is 10.9. The van der Waals surface area contributed by atoms with E-state index < -0.39 is 0 Å². The van der Waals surface area contributed by atoms with Crippen LogP contribution in [0.4, 0.5) is 0 Å². The van der Waals surface area contributed by atoms with Crippen molar-refractivity contribution in [2.45, 2.75) is 6.04 Å². The Morgan fingerprint density at radius 3 is 2.52 bits per heavy atom. The second kappa shape index (κ2) is 10.8. The molecule has 1 unspecified atom stereocenters. The van der Waals surface area contributed by atoms with E-state index in [1.807, 2.05) is 12.1 Å². The van der Waals surface area contributed by atoms with Crippen LogP contribution in [0.5, 0.6) is 11.5 Å². The van der Waals surface area contributed by atoms with Crippen molar-refractivity contribution in [3.63, 3.8) is 0 Å². The van der Waals surface area contributed by atoms with Gasteiger partial charge in [0.2, 0.25) is 0 Å². The van der Waals surface area contributed by atoms with E-state index in [0.717, 1.165) is 24.6 Å². The molecule has 0 saturated carbocycles. The summed E-state index contributed by atoms with van der Waals surface area (Å²) in [5.74, 6) is 2.03. The lowest BCUT2D eigenvalue weighted by atomic mass is 10.1. The zero-order valence-electron chi connectivity index (χ0n) is 15.3. The summed E-state index contributed by atoms with van der Waals surface area (Å²) in [6.45, 7) is 3.41. The molecule has 0 radical (unpaired) electrons. The van der Waals surface area contributed by atoms with E-state index in [2.05, 4.69) is 10.2 Å². The third-order valence-electron chi connectivity index (χ3n) is 4.28. The number of carbonyl (C=O) groups is 1. The lowest BCUT2D eigenvalue weighted by Crippen LogP contribution is -2.44. The van der Waals surface area contributed by atoms with Crippen LogP contribution in [0.25, 0.3) is 0 Å². The summed E-state index contributed by atoms with van der Waals surface area (Å²) in [5.41, 5.74) is 0. The molecule has 1 N–H and O–H groups in total. The largest absolute Gasteiger partial charge is 0.497 e. The highest BCUT2D eigenvalue weighted by Gasteiger charge is 2.25. The van der Waals surface area contributed by atoms with Crippen LogP contribution in [-0.4, -0.2) is 57.4 Å². The highest BCUT2D eigenvalue weighted by atomic mass is 35.5. The van der Waals surface area contributed by atoms with Crippen molar-refractivity contribution in [1.82, 2.24) is 10.2 Å². The van der Waals surface area contributed by atoms with Gasteiger partial charge in [0.05, 0.1) is 32.6 Å². The van der Waals surface area contributed by atoms with Gasteiger partial charge in [-0.2, -0.15) is 0 Å². The van der Waals surface area contributed by atoms with Crippen LogP contribution in [0.15, 0.2) is 47.1 Å². The third-order valence-corrected chi connectivity index (χ3v) is 4.28. The molecule has 1 aromatic heterocycles. The molecule has 1 saturated heterocycles. The van der Waals surface area contributed by atoms with Crippen LogP contribution in [0.3, 0.4) is 0 Å². The van der Waals surface area contributed by atoms with Crippen LogP contribution < -0.4 is 14.8 Å². The number of halogens is 1. The van der Waals surface area contributed by atoms with E-state index in [0.29, 0.717) is 25.5 Å². The Labute approximate surface area is 165 Å². The number of rotatable bonds is 8. The van der Waals surface area contributed by atoms with E-state index in [-0.39, 0.29) is 31.0 Å². The average molecular weight is 397 g/mol. The van der Waals surface area contributed by atoms with Gasteiger partial charge in [0.25, 0.3) is 5.91 Å². The fourth-order valence-corrected chi connectivity index (χ4v) is 2.86. The molecule has 1 aliphatic heterocycles. The molecule has 1 aliphatic rings. The first kappa shape index (κ1) is 21.1. The highest BCUT2D eigenvalue weighted by molar-refractivity contribution is 5.85. The molecule has 8 heteroatoms. The molecule has 2 aromatic rings. The summed E-state index contributed by atoms with van der Waals surface area (Å²) in [5, 5.41) is 2.93. The molecule has 2 heterocycles. The predicted octanol–water partition coefficient (Wildman–Crippen LogP) is 2.28.